The lowest BCUT2D eigenvalue weighted by molar-refractivity contribution is -0.215. The zero-order valence-corrected chi connectivity index (χ0v) is 21.0. The van der Waals surface area contributed by atoms with E-state index in [0.717, 1.165) is 24.8 Å². The monoisotopic (exact) mass is 467 g/mol. The molecule has 0 heterocycles. The summed E-state index contributed by atoms with van der Waals surface area (Å²) in [7, 11) is 0. The van der Waals surface area contributed by atoms with Crippen LogP contribution in [0, 0.1) is 22.7 Å². The van der Waals surface area contributed by atoms with E-state index in [-0.39, 0.29) is 34.2 Å². The summed E-state index contributed by atoms with van der Waals surface area (Å²) in [6.45, 7) is 13.9. The van der Waals surface area contributed by atoms with Gasteiger partial charge in [0.2, 0.25) is 5.91 Å². The highest BCUT2D eigenvalue weighted by Crippen LogP contribution is 2.63. The van der Waals surface area contributed by atoms with Gasteiger partial charge in [0.1, 0.15) is 11.6 Å². The minimum Gasteiger partial charge on any atom is -0.480 e. The highest BCUT2D eigenvalue weighted by atomic mass is 32.2. The number of hydrogen-bond donors (Lipinski definition) is 4. The standard InChI is InChI=1S/C25H41NO5S/c1-7-16(2)9-10-19-24(6)12-8-11-23(4,5)20(24)13-21(28)25(19,31)15-32-14-18(22(29)30)26-17(3)27/h7,9,18-21,28,31H,1,8,10-15H2,2-6H3,(H,26,27)(H,29,30). The van der Waals surface area contributed by atoms with Gasteiger partial charge >= 0.3 is 5.97 Å². The number of carbonyl (C=O) groups is 2. The van der Waals surface area contributed by atoms with Crippen molar-refractivity contribution in [3.63, 3.8) is 0 Å². The van der Waals surface area contributed by atoms with Crippen LogP contribution in [0.4, 0.5) is 0 Å². The highest BCUT2D eigenvalue weighted by Gasteiger charge is 2.62. The number of aliphatic carboxylic acids is 1. The Labute approximate surface area is 196 Å². The maximum atomic E-state index is 11.9. The van der Waals surface area contributed by atoms with E-state index < -0.39 is 29.6 Å². The third-order valence-electron chi connectivity index (χ3n) is 8.00. The minimum absolute atomic E-state index is 0.0811. The summed E-state index contributed by atoms with van der Waals surface area (Å²) in [6, 6.07) is -1.03. The van der Waals surface area contributed by atoms with E-state index in [0.29, 0.717) is 12.8 Å². The molecule has 2 aliphatic rings. The maximum absolute atomic E-state index is 11.9. The molecule has 6 unspecified atom stereocenters. The molecule has 0 aromatic heterocycles. The molecular formula is C25H41NO5S. The first-order valence-corrected chi connectivity index (χ1v) is 12.7. The molecule has 2 aliphatic carbocycles. The fraction of sp³-hybridized carbons (Fsp3) is 0.760. The lowest BCUT2D eigenvalue weighted by Gasteiger charge is -2.63. The van der Waals surface area contributed by atoms with Crippen LogP contribution in [0.3, 0.4) is 0 Å². The molecule has 0 aromatic rings. The number of hydrogen-bond acceptors (Lipinski definition) is 5. The number of fused-ring (bicyclic) bond motifs is 1. The van der Waals surface area contributed by atoms with E-state index in [4.69, 9.17) is 0 Å². The Bertz CT molecular complexity index is 751. The molecule has 6 atom stereocenters. The number of aliphatic hydroxyl groups excluding tert-OH is 1. The van der Waals surface area contributed by atoms with E-state index in [2.05, 4.69) is 38.7 Å². The normalized spacial score (nSPS) is 35.5. The number of thioether (sulfide) groups is 1. The van der Waals surface area contributed by atoms with Gasteiger partial charge in [0.15, 0.2) is 0 Å². The van der Waals surface area contributed by atoms with Gasteiger partial charge in [-0.1, -0.05) is 51.5 Å². The van der Waals surface area contributed by atoms with E-state index >= 15 is 0 Å². The van der Waals surface area contributed by atoms with E-state index in [1.54, 1.807) is 6.08 Å². The second-order valence-electron chi connectivity index (χ2n) is 10.7. The molecule has 0 aromatic carbocycles. The van der Waals surface area contributed by atoms with E-state index in [1.165, 1.54) is 18.7 Å². The number of aliphatic hydroxyl groups is 2. The molecule has 6 nitrogen and oxygen atoms in total. The average molecular weight is 468 g/mol. The molecule has 182 valence electrons. The number of carboxylic acid groups (broad SMARTS) is 1. The molecule has 32 heavy (non-hydrogen) atoms. The average Bonchev–Trinajstić information content (AvgIpc) is 2.68. The van der Waals surface area contributed by atoms with Crippen molar-refractivity contribution >= 4 is 23.6 Å². The fourth-order valence-corrected chi connectivity index (χ4v) is 7.52. The van der Waals surface area contributed by atoms with Gasteiger partial charge in [0, 0.05) is 24.3 Å². The molecule has 0 aliphatic heterocycles. The second kappa shape index (κ2) is 10.3. The predicted octanol–water partition coefficient (Wildman–Crippen LogP) is 3.78. The van der Waals surface area contributed by atoms with E-state index in [9.17, 15) is 24.9 Å². The Morgan fingerprint density at radius 1 is 1.25 bits per heavy atom. The lowest BCUT2D eigenvalue weighted by atomic mass is 9.44. The molecule has 1 amide bonds. The number of allylic oxidation sites excluding steroid dienone is 3. The quantitative estimate of drug-likeness (QED) is 0.385. The fourth-order valence-electron chi connectivity index (χ4n) is 6.22. The van der Waals surface area contributed by atoms with Crippen LogP contribution in [0.2, 0.25) is 0 Å². The maximum Gasteiger partial charge on any atom is 0.327 e. The first-order valence-electron chi connectivity index (χ1n) is 11.5. The summed E-state index contributed by atoms with van der Waals surface area (Å²) in [5, 5.41) is 35.0. The summed E-state index contributed by atoms with van der Waals surface area (Å²) in [4.78, 5) is 22.8. The number of nitrogens with one attached hydrogen (secondary N) is 1. The minimum atomic E-state index is -1.35. The predicted molar refractivity (Wildman–Crippen MR) is 129 cm³/mol. The first-order chi connectivity index (χ1) is 14.8. The second-order valence-corrected chi connectivity index (χ2v) is 11.7. The van der Waals surface area contributed by atoms with Crippen molar-refractivity contribution in [3.05, 3.63) is 24.3 Å². The van der Waals surface area contributed by atoms with Gasteiger partial charge in [-0.2, -0.15) is 11.8 Å². The zero-order chi connectivity index (χ0) is 24.3. The van der Waals surface area contributed by atoms with Crippen molar-refractivity contribution in [2.24, 2.45) is 22.7 Å². The first kappa shape index (κ1) is 26.9. The molecule has 2 saturated carbocycles. The number of carbonyl (C=O) groups excluding carboxylic acids is 1. The van der Waals surface area contributed by atoms with Gasteiger partial charge < -0.3 is 20.6 Å². The Morgan fingerprint density at radius 2 is 1.91 bits per heavy atom. The van der Waals surface area contributed by atoms with Crippen LogP contribution in [0.15, 0.2) is 24.3 Å². The molecule has 2 rings (SSSR count). The molecule has 7 heteroatoms. The van der Waals surface area contributed by atoms with Gasteiger partial charge in [-0.3, -0.25) is 4.79 Å². The SMILES string of the molecule is C=CC(C)=CCC1C2(C)CCCC(C)(C)C2CC(O)C1(O)CSCC(NC(C)=O)C(=O)O. The van der Waals surface area contributed by atoms with Crippen molar-refractivity contribution in [2.45, 2.75) is 84.5 Å². The van der Waals surface area contributed by atoms with Gasteiger partial charge in [-0.25, -0.2) is 4.79 Å². The molecule has 2 fully saturated rings. The summed E-state index contributed by atoms with van der Waals surface area (Å²) >= 11 is 1.28. The Morgan fingerprint density at radius 3 is 2.47 bits per heavy atom. The third-order valence-corrected chi connectivity index (χ3v) is 9.24. The van der Waals surface area contributed by atoms with Crippen molar-refractivity contribution in [2.75, 3.05) is 11.5 Å². The molecule has 0 bridgehead atoms. The van der Waals surface area contributed by atoms with Crippen molar-refractivity contribution in [3.8, 4) is 0 Å². The molecule has 0 saturated heterocycles. The Kier molecular flexibility index (Phi) is 8.68. The van der Waals surface area contributed by atoms with Gasteiger partial charge in [0.05, 0.1) is 6.10 Å². The molecule has 0 spiro atoms. The van der Waals surface area contributed by atoms with Crippen LogP contribution >= 0.6 is 11.8 Å². The third kappa shape index (κ3) is 5.60. The molecule has 0 radical (unpaired) electrons. The van der Waals surface area contributed by atoms with Crippen molar-refractivity contribution < 1.29 is 24.9 Å². The summed E-state index contributed by atoms with van der Waals surface area (Å²) in [6.07, 6.45) is 7.35. The van der Waals surface area contributed by atoms with Gasteiger partial charge in [-0.15, -0.1) is 0 Å². The largest absolute Gasteiger partial charge is 0.480 e. The topological polar surface area (TPSA) is 107 Å². The van der Waals surface area contributed by atoms with Gasteiger partial charge in [-0.05, 0) is 49.4 Å². The molecular weight excluding hydrogens is 426 g/mol. The van der Waals surface area contributed by atoms with Crippen LogP contribution in [-0.2, 0) is 9.59 Å². The van der Waals surface area contributed by atoms with Crippen LogP contribution in [0.5, 0.6) is 0 Å². The van der Waals surface area contributed by atoms with Crippen LogP contribution < -0.4 is 5.32 Å². The number of rotatable bonds is 9. The highest BCUT2D eigenvalue weighted by molar-refractivity contribution is 7.99. The molecule has 4 N–H and O–H groups in total. The zero-order valence-electron chi connectivity index (χ0n) is 20.2. The number of carboxylic acids is 1. The van der Waals surface area contributed by atoms with E-state index in [1.807, 2.05) is 6.92 Å². The number of amides is 1. The lowest BCUT2D eigenvalue weighted by Crippen LogP contribution is -2.65. The van der Waals surface area contributed by atoms with Crippen LogP contribution in [0.25, 0.3) is 0 Å². The Hall–Kier alpha value is -1.31. The van der Waals surface area contributed by atoms with Gasteiger partial charge in [0.25, 0.3) is 0 Å². The summed E-state index contributed by atoms with van der Waals surface area (Å²) in [5.41, 5.74) is -0.372. The van der Waals surface area contributed by atoms with Crippen LogP contribution in [0.1, 0.15) is 66.7 Å². The Balaban J connectivity index is 2.33. The van der Waals surface area contributed by atoms with Crippen molar-refractivity contribution in [1.82, 2.24) is 5.32 Å². The summed E-state index contributed by atoms with van der Waals surface area (Å²) < 4.78 is 0. The summed E-state index contributed by atoms with van der Waals surface area (Å²) in [5.74, 6) is -1.05. The smallest absolute Gasteiger partial charge is 0.327 e. The van der Waals surface area contributed by atoms with Crippen molar-refractivity contribution in [1.29, 1.82) is 0 Å². The van der Waals surface area contributed by atoms with Crippen LogP contribution in [-0.4, -0.2) is 56.4 Å².